The standard InChI is InChI=1S/C38H36Cl2N2O6/c39-32-21-33(40)42-38(41-32)48-37-36(46-25-30-19-11-4-12-20-30)35(45-24-29-17-9-3-10-18-29)34(44-23-28-15-7-2-8-16-28)31(47-37)26-43-22-27-13-5-1-6-14-27/h1-21,31,34-37H,22-26H2/t31-,34-,35+,36-,37-/m1/s1. The zero-order chi connectivity index (χ0) is 33.0. The Kier molecular flexibility index (Phi) is 12.4. The quantitative estimate of drug-likeness (QED) is 0.103. The first-order chi connectivity index (χ1) is 23.6. The maximum Gasteiger partial charge on any atom is 0.321 e. The van der Waals surface area contributed by atoms with Gasteiger partial charge in [0.2, 0.25) is 6.29 Å². The Labute approximate surface area is 290 Å². The third kappa shape index (κ3) is 9.84. The highest BCUT2D eigenvalue weighted by atomic mass is 35.5. The summed E-state index contributed by atoms with van der Waals surface area (Å²) in [7, 11) is 0. The first-order valence-electron chi connectivity index (χ1n) is 15.7. The van der Waals surface area contributed by atoms with Gasteiger partial charge in [-0.2, -0.15) is 9.97 Å². The molecule has 10 heteroatoms. The molecule has 5 aromatic rings. The summed E-state index contributed by atoms with van der Waals surface area (Å²) in [6.07, 6.45) is -3.74. The fourth-order valence-corrected chi connectivity index (χ4v) is 5.78. The van der Waals surface area contributed by atoms with Crippen LogP contribution in [0.4, 0.5) is 0 Å². The molecule has 6 rings (SSSR count). The van der Waals surface area contributed by atoms with Gasteiger partial charge in [-0.3, -0.25) is 0 Å². The van der Waals surface area contributed by atoms with Crippen molar-refractivity contribution in [2.75, 3.05) is 6.61 Å². The van der Waals surface area contributed by atoms with Gasteiger partial charge in [-0.1, -0.05) is 145 Å². The third-order valence-corrected chi connectivity index (χ3v) is 8.09. The molecular weight excluding hydrogens is 651 g/mol. The topological polar surface area (TPSA) is 81.2 Å². The van der Waals surface area contributed by atoms with Gasteiger partial charge in [0.1, 0.15) is 34.7 Å². The summed E-state index contributed by atoms with van der Waals surface area (Å²) in [6.45, 7) is 1.44. The second-order valence-electron chi connectivity index (χ2n) is 11.2. The first kappa shape index (κ1) is 34.0. The molecule has 0 N–H and O–H groups in total. The number of rotatable bonds is 15. The predicted octanol–water partition coefficient (Wildman–Crippen LogP) is 7.86. The fourth-order valence-electron chi connectivity index (χ4n) is 5.37. The van der Waals surface area contributed by atoms with Crippen molar-refractivity contribution < 1.29 is 28.4 Å². The average molecular weight is 688 g/mol. The Balaban J connectivity index is 1.33. The van der Waals surface area contributed by atoms with E-state index in [1.54, 1.807) is 0 Å². The van der Waals surface area contributed by atoms with E-state index in [1.165, 1.54) is 6.07 Å². The lowest BCUT2D eigenvalue weighted by Crippen LogP contribution is -2.62. The summed E-state index contributed by atoms with van der Waals surface area (Å²) in [5.41, 5.74) is 4.00. The highest BCUT2D eigenvalue weighted by molar-refractivity contribution is 6.33. The molecule has 0 saturated carbocycles. The summed E-state index contributed by atoms with van der Waals surface area (Å²) >= 11 is 12.4. The van der Waals surface area contributed by atoms with Crippen molar-refractivity contribution in [2.45, 2.75) is 57.1 Å². The molecule has 8 nitrogen and oxygen atoms in total. The molecule has 0 amide bonds. The van der Waals surface area contributed by atoms with Crippen LogP contribution in [0, 0.1) is 0 Å². The number of ether oxygens (including phenoxy) is 6. The van der Waals surface area contributed by atoms with Crippen molar-refractivity contribution in [3.63, 3.8) is 0 Å². The fraction of sp³-hybridized carbons (Fsp3) is 0.263. The highest BCUT2D eigenvalue weighted by Crippen LogP contribution is 2.32. The number of aromatic nitrogens is 2. The van der Waals surface area contributed by atoms with Gasteiger partial charge in [-0.05, 0) is 22.3 Å². The second-order valence-corrected chi connectivity index (χ2v) is 12.0. The SMILES string of the molecule is Clc1cc(Cl)nc(O[C@H]2O[C@H](COCc3ccccc3)[C@@H](OCc3ccccc3)[C@H](OCc3ccccc3)[C@H]2OCc2ccccc2)n1. The lowest BCUT2D eigenvalue weighted by atomic mass is 9.97. The van der Waals surface area contributed by atoms with Crippen LogP contribution in [-0.2, 0) is 50.1 Å². The van der Waals surface area contributed by atoms with Gasteiger partial charge >= 0.3 is 6.01 Å². The van der Waals surface area contributed by atoms with Crippen molar-refractivity contribution in [2.24, 2.45) is 0 Å². The van der Waals surface area contributed by atoms with Gasteiger partial charge in [0.05, 0.1) is 33.0 Å². The zero-order valence-corrected chi connectivity index (χ0v) is 27.7. The van der Waals surface area contributed by atoms with Crippen LogP contribution in [0.3, 0.4) is 0 Å². The monoisotopic (exact) mass is 686 g/mol. The molecule has 1 aromatic heterocycles. The van der Waals surface area contributed by atoms with Gasteiger partial charge in [0, 0.05) is 6.07 Å². The van der Waals surface area contributed by atoms with Crippen LogP contribution in [-0.4, -0.2) is 47.3 Å². The molecule has 1 fully saturated rings. The van der Waals surface area contributed by atoms with Crippen LogP contribution < -0.4 is 4.74 Å². The Morgan fingerprint density at radius 1 is 0.521 bits per heavy atom. The Bertz CT molecular complexity index is 1650. The van der Waals surface area contributed by atoms with Crippen molar-refractivity contribution >= 4 is 23.2 Å². The van der Waals surface area contributed by atoms with Crippen LogP contribution >= 0.6 is 23.2 Å². The van der Waals surface area contributed by atoms with E-state index >= 15 is 0 Å². The normalized spacial score (nSPS) is 20.8. The van der Waals surface area contributed by atoms with Crippen molar-refractivity contribution in [3.05, 3.63) is 160 Å². The molecule has 0 unspecified atom stereocenters. The molecule has 1 saturated heterocycles. The lowest BCUT2D eigenvalue weighted by Gasteiger charge is -2.45. The minimum Gasteiger partial charge on any atom is -0.430 e. The summed E-state index contributed by atoms with van der Waals surface area (Å²) in [5, 5.41) is 0.262. The van der Waals surface area contributed by atoms with Crippen molar-refractivity contribution in [1.29, 1.82) is 0 Å². The molecule has 1 aliphatic heterocycles. The van der Waals surface area contributed by atoms with E-state index < -0.39 is 30.7 Å². The number of benzene rings is 4. The third-order valence-electron chi connectivity index (χ3n) is 7.71. The molecule has 4 aromatic carbocycles. The smallest absolute Gasteiger partial charge is 0.321 e. The van der Waals surface area contributed by atoms with Crippen LogP contribution in [0.15, 0.2) is 127 Å². The molecule has 1 aliphatic rings. The number of halogens is 2. The number of nitrogens with zero attached hydrogens (tertiary/aromatic N) is 2. The van der Waals surface area contributed by atoms with E-state index in [2.05, 4.69) is 9.97 Å². The van der Waals surface area contributed by atoms with Gasteiger partial charge in [-0.25, -0.2) is 0 Å². The van der Waals surface area contributed by atoms with Crippen LogP contribution in [0.2, 0.25) is 10.3 Å². The molecule has 0 spiro atoms. The number of hydrogen-bond acceptors (Lipinski definition) is 8. The molecule has 0 bridgehead atoms. The predicted molar refractivity (Wildman–Crippen MR) is 182 cm³/mol. The molecule has 48 heavy (non-hydrogen) atoms. The van der Waals surface area contributed by atoms with Crippen LogP contribution in [0.5, 0.6) is 6.01 Å². The second kappa shape index (κ2) is 17.5. The minimum absolute atomic E-state index is 0.0553. The van der Waals surface area contributed by atoms with Gasteiger partial charge in [-0.15, -0.1) is 0 Å². The Morgan fingerprint density at radius 3 is 1.42 bits per heavy atom. The van der Waals surface area contributed by atoms with Gasteiger partial charge < -0.3 is 28.4 Å². The zero-order valence-electron chi connectivity index (χ0n) is 26.1. The van der Waals surface area contributed by atoms with E-state index in [1.807, 2.05) is 121 Å². The highest BCUT2D eigenvalue weighted by Gasteiger charge is 2.50. The minimum atomic E-state index is -1.04. The van der Waals surface area contributed by atoms with Crippen LogP contribution in [0.1, 0.15) is 22.3 Å². The lowest BCUT2D eigenvalue weighted by molar-refractivity contribution is -0.311. The largest absolute Gasteiger partial charge is 0.430 e. The van der Waals surface area contributed by atoms with Gasteiger partial charge in [0.15, 0.2) is 0 Å². The van der Waals surface area contributed by atoms with E-state index in [4.69, 9.17) is 51.6 Å². The van der Waals surface area contributed by atoms with Crippen molar-refractivity contribution in [3.8, 4) is 6.01 Å². The molecule has 0 radical (unpaired) electrons. The van der Waals surface area contributed by atoms with E-state index in [0.717, 1.165) is 22.3 Å². The number of hydrogen-bond donors (Lipinski definition) is 0. The van der Waals surface area contributed by atoms with Crippen molar-refractivity contribution in [1.82, 2.24) is 9.97 Å². The molecule has 0 aliphatic carbocycles. The Morgan fingerprint density at radius 2 is 0.938 bits per heavy atom. The van der Waals surface area contributed by atoms with E-state index in [-0.39, 0.29) is 29.5 Å². The Hall–Kier alpha value is -3.86. The summed E-state index contributed by atoms with van der Waals surface area (Å²) < 4.78 is 39.1. The molecule has 248 valence electrons. The molecule has 5 atom stereocenters. The molecule has 2 heterocycles. The molecular formula is C38H36Cl2N2O6. The first-order valence-corrected chi connectivity index (χ1v) is 16.5. The summed E-state index contributed by atoms with van der Waals surface area (Å²) in [5.74, 6) is 0. The maximum atomic E-state index is 6.72. The summed E-state index contributed by atoms with van der Waals surface area (Å²) in [4.78, 5) is 8.46. The van der Waals surface area contributed by atoms with Crippen LogP contribution in [0.25, 0.3) is 0 Å². The van der Waals surface area contributed by atoms with Gasteiger partial charge in [0.25, 0.3) is 0 Å². The maximum absolute atomic E-state index is 6.72. The van der Waals surface area contributed by atoms with E-state index in [0.29, 0.717) is 19.8 Å². The van der Waals surface area contributed by atoms with E-state index in [9.17, 15) is 0 Å². The summed E-state index contributed by atoms with van der Waals surface area (Å²) in [6, 6.07) is 41.1. The average Bonchev–Trinajstić information content (AvgIpc) is 3.11.